The lowest BCUT2D eigenvalue weighted by Gasteiger charge is -2.14. The highest BCUT2D eigenvalue weighted by atomic mass is 32.2. The van der Waals surface area contributed by atoms with Crippen LogP contribution < -0.4 is 5.32 Å². The van der Waals surface area contributed by atoms with Gasteiger partial charge in [0.15, 0.2) is 0 Å². The Morgan fingerprint density at radius 2 is 2.40 bits per heavy atom. The highest BCUT2D eigenvalue weighted by molar-refractivity contribution is 7.84. The van der Waals surface area contributed by atoms with Gasteiger partial charge in [0.1, 0.15) is 11.9 Å². The summed E-state index contributed by atoms with van der Waals surface area (Å²) in [6, 6.07) is 3.60. The fourth-order valence-electron chi connectivity index (χ4n) is 1.31. The monoisotopic (exact) mass is 231 g/mol. The Balaban J connectivity index is 2.28. The lowest BCUT2D eigenvalue weighted by molar-refractivity contribution is 0.145. The van der Waals surface area contributed by atoms with Crippen LogP contribution in [0.15, 0.2) is 22.8 Å². The molecule has 2 N–H and O–H groups in total. The third-order valence-electron chi connectivity index (χ3n) is 2.02. The summed E-state index contributed by atoms with van der Waals surface area (Å²) in [5.74, 6) is 1.14. The van der Waals surface area contributed by atoms with E-state index < -0.39 is 16.9 Å². The molecule has 0 aliphatic carbocycles. The molecule has 0 saturated heterocycles. The van der Waals surface area contributed by atoms with E-state index in [0.717, 1.165) is 0 Å². The summed E-state index contributed by atoms with van der Waals surface area (Å²) in [5, 5.41) is 12.8. The van der Waals surface area contributed by atoms with Crippen LogP contribution in [0.2, 0.25) is 0 Å². The second-order valence-electron chi connectivity index (χ2n) is 3.58. The fraction of sp³-hybridized carbons (Fsp3) is 0.600. The second kappa shape index (κ2) is 6.05. The molecule has 1 aromatic heterocycles. The molecule has 0 fully saturated rings. The summed E-state index contributed by atoms with van der Waals surface area (Å²) in [4.78, 5) is 0. The number of hydrogen-bond acceptors (Lipinski definition) is 4. The normalized spacial score (nSPS) is 17.3. The number of hydrogen-bond donors (Lipinski definition) is 2. The Bertz CT molecular complexity index is 300. The number of aliphatic hydroxyl groups is 1. The lowest BCUT2D eigenvalue weighted by Crippen LogP contribution is -2.34. The van der Waals surface area contributed by atoms with Crippen molar-refractivity contribution in [1.29, 1.82) is 0 Å². The van der Waals surface area contributed by atoms with E-state index in [9.17, 15) is 9.32 Å². The van der Waals surface area contributed by atoms with Crippen molar-refractivity contribution in [3.05, 3.63) is 24.2 Å². The molecule has 0 saturated carbocycles. The van der Waals surface area contributed by atoms with Crippen LogP contribution in [-0.4, -0.2) is 33.9 Å². The first-order chi connectivity index (χ1) is 7.09. The SMILES string of the molecule is CC(CS(C)=O)NCC(O)c1ccco1. The van der Waals surface area contributed by atoms with E-state index in [1.165, 1.54) is 6.26 Å². The van der Waals surface area contributed by atoms with Crippen LogP contribution in [0.5, 0.6) is 0 Å². The average Bonchev–Trinajstić information content (AvgIpc) is 2.65. The summed E-state index contributed by atoms with van der Waals surface area (Å²) in [6.07, 6.45) is 2.55. The topological polar surface area (TPSA) is 62.5 Å². The Kier molecular flexibility index (Phi) is 5.01. The molecule has 1 heterocycles. The van der Waals surface area contributed by atoms with Crippen molar-refractivity contribution in [2.24, 2.45) is 0 Å². The molecule has 0 aliphatic rings. The molecule has 0 aromatic carbocycles. The fourth-order valence-corrected chi connectivity index (χ4v) is 2.13. The Morgan fingerprint density at radius 3 is 2.93 bits per heavy atom. The van der Waals surface area contributed by atoms with Gasteiger partial charge < -0.3 is 14.8 Å². The van der Waals surface area contributed by atoms with E-state index in [1.54, 1.807) is 18.4 Å². The van der Waals surface area contributed by atoms with Crippen LogP contribution in [0, 0.1) is 0 Å². The third kappa shape index (κ3) is 4.59. The van der Waals surface area contributed by atoms with Crippen LogP contribution >= 0.6 is 0 Å². The van der Waals surface area contributed by atoms with Crippen molar-refractivity contribution in [1.82, 2.24) is 5.32 Å². The van der Waals surface area contributed by atoms with Crippen LogP contribution in [0.25, 0.3) is 0 Å². The zero-order chi connectivity index (χ0) is 11.3. The summed E-state index contributed by atoms with van der Waals surface area (Å²) in [7, 11) is -0.815. The molecule has 4 nitrogen and oxygen atoms in total. The molecule has 0 spiro atoms. The van der Waals surface area contributed by atoms with Gasteiger partial charge in [-0.05, 0) is 19.1 Å². The molecule has 0 amide bonds. The van der Waals surface area contributed by atoms with Crippen LogP contribution in [0.3, 0.4) is 0 Å². The van der Waals surface area contributed by atoms with Crippen molar-refractivity contribution < 1.29 is 13.7 Å². The maximum absolute atomic E-state index is 10.9. The quantitative estimate of drug-likeness (QED) is 0.755. The van der Waals surface area contributed by atoms with Gasteiger partial charge in [-0.25, -0.2) is 0 Å². The molecule has 0 radical (unpaired) electrons. The molecule has 3 atom stereocenters. The molecule has 0 bridgehead atoms. The van der Waals surface area contributed by atoms with E-state index in [0.29, 0.717) is 18.1 Å². The molecule has 15 heavy (non-hydrogen) atoms. The first-order valence-electron chi connectivity index (χ1n) is 4.84. The van der Waals surface area contributed by atoms with Gasteiger partial charge in [-0.2, -0.15) is 0 Å². The maximum Gasteiger partial charge on any atom is 0.133 e. The van der Waals surface area contributed by atoms with Gasteiger partial charge in [0.25, 0.3) is 0 Å². The molecule has 3 unspecified atom stereocenters. The number of furan rings is 1. The van der Waals surface area contributed by atoms with E-state index in [2.05, 4.69) is 5.32 Å². The Hall–Kier alpha value is -0.650. The molecular formula is C10H17NO3S. The predicted octanol–water partition coefficient (Wildman–Crippen LogP) is 0.670. The first kappa shape index (κ1) is 12.4. The number of nitrogens with one attached hydrogen (secondary N) is 1. The molecule has 5 heteroatoms. The summed E-state index contributed by atoms with van der Waals surface area (Å²) >= 11 is 0. The van der Waals surface area contributed by atoms with E-state index in [4.69, 9.17) is 4.42 Å². The second-order valence-corrected chi connectivity index (χ2v) is 5.06. The lowest BCUT2D eigenvalue weighted by atomic mass is 10.2. The van der Waals surface area contributed by atoms with Gasteiger partial charge >= 0.3 is 0 Å². The van der Waals surface area contributed by atoms with Crippen molar-refractivity contribution in [3.8, 4) is 0 Å². The minimum atomic E-state index is -0.815. The highest BCUT2D eigenvalue weighted by Gasteiger charge is 2.11. The smallest absolute Gasteiger partial charge is 0.133 e. The van der Waals surface area contributed by atoms with Gasteiger partial charge in [0.2, 0.25) is 0 Å². The molecular weight excluding hydrogens is 214 g/mol. The Morgan fingerprint density at radius 1 is 1.67 bits per heavy atom. The van der Waals surface area contributed by atoms with Crippen molar-refractivity contribution in [2.75, 3.05) is 18.6 Å². The van der Waals surface area contributed by atoms with E-state index in [1.807, 2.05) is 6.92 Å². The standard InChI is InChI=1S/C10H17NO3S/c1-8(7-15(2)13)11-6-9(12)10-4-3-5-14-10/h3-5,8-9,11-12H,6-7H2,1-2H3. The van der Waals surface area contributed by atoms with Crippen molar-refractivity contribution in [3.63, 3.8) is 0 Å². The van der Waals surface area contributed by atoms with E-state index >= 15 is 0 Å². The zero-order valence-electron chi connectivity index (χ0n) is 8.97. The molecule has 86 valence electrons. The van der Waals surface area contributed by atoms with E-state index in [-0.39, 0.29) is 6.04 Å². The minimum Gasteiger partial charge on any atom is -0.467 e. The van der Waals surface area contributed by atoms with Crippen molar-refractivity contribution in [2.45, 2.75) is 19.1 Å². The van der Waals surface area contributed by atoms with Gasteiger partial charge in [-0.15, -0.1) is 0 Å². The highest BCUT2D eigenvalue weighted by Crippen LogP contribution is 2.11. The third-order valence-corrected chi connectivity index (χ3v) is 2.99. The zero-order valence-corrected chi connectivity index (χ0v) is 9.79. The summed E-state index contributed by atoms with van der Waals surface area (Å²) in [6.45, 7) is 2.35. The van der Waals surface area contributed by atoms with Crippen LogP contribution in [-0.2, 0) is 10.8 Å². The molecule has 1 aromatic rings. The summed E-state index contributed by atoms with van der Waals surface area (Å²) in [5.41, 5.74) is 0. The molecule has 0 aliphatic heterocycles. The number of aliphatic hydroxyl groups excluding tert-OH is 1. The summed E-state index contributed by atoms with van der Waals surface area (Å²) < 4.78 is 16.0. The van der Waals surface area contributed by atoms with Crippen LogP contribution in [0.1, 0.15) is 18.8 Å². The Labute approximate surface area is 92.1 Å². The minimum absolute atomic E-state index is 0.125. The average molecular weight is 231 g/mol. The first-order valence-corrected chi connectivity index (χ1v) is 6.57. The maximum atomic E-state index is 10.9. The van der Waals surface area contributed by atoms with Gasteiger partial charge in [-0.1, -0.05) is 0 Å². The largest absolute Gasteiger partial charge is 0.467 e. The predicted molar refractivity (Wildman–Crippen MR) is 60.1 cm³/mol. The van der Waals surface area contributed by atoms with Crippen LogP contribution in [0.4, 0.5) is 0 Å². The number of rotatable bonds is 6. The van der Waals surface area contributed by atoms with Gasteiger partial charge in [-0.3, -0.25) is 4.21 Å². The van der Waals surface area contributed by atoms with Gasteiger partial charge in [0.05, 0.1) is 6.26 Å². The molecule has 1 rings (SSSR count). The van der Waals surface area contributed by atoms with Crippen molar-refractivity contribution >= 4 is 10.8 Å². The van der Waals surface area contributed by atoms with Gasteiger partial charge in [0, 0.05) is 35.4 Å².